The molecule has 5 rings (SSSR count). The normalized spacial score (nSPS) is 22.2. The summed E-state index contributed by atoms with van der Waals surface area (Å²) in [5.74, 6) is 1.68. The molecule has 1 amide bonds. The second-order valence-corrected chi connectivity index (χ2v) is 8.72. The van der Waals surface area contributed by atoms with Gasteiger partial charge in [0.05, 0.1) is 6.61 Å². The summed E-state index contributed by atoms with van der Waals surface area (Å²) < 4.78 is 11.5. The Balaban J connectivity index is 1.28. The molecule has 154 valence electrons. The Morgan fingerprint density at radius 1 is 1.14 bits per heavy atom. The van der Waals surface area contributed by atoms with Crippen molar-refractivity contribution in [3.8, 4) is 5.88 Å². The van der Waals surface area contributed by atoms with Crippen LogP contribution < -0.4 is 4.74 Å². The van der Waals surface area contributed by atoms with Crippen LogP contribution in [0.15, 0.2) is 36.1 Å². The van der Waals surface area contributed by atoms with Crippen LogP contribution >= 0.6 is 0 Å². The molecule has 1 aliphatic carbocycles. The summed E-state index contributed by atoms with van der Waals surface area (Å²) >= 11 is 0. The summed E-state index contributed by atoms with van der Waals surface area (Å²) in [6, 6.07) is 3.83. The predicted molar refractivity (Wildman–Crippen MR) is 110 cm³/mol. The number of hydrogen-bond donors (Lipinski definition) is 0. The summed E-state index contributed by atoms with van der Waals surface area (Å²) in [4.78, 5) is 22.1. The molecule has 0 N–H and O–H groups in total. The number of nitrogens with zero attached hydrogens (tertiary/aromatic N) is 3. The van der Waals surface area contributed by atoms with Crippen LogP contribution in [0.25, 0.3) is 0 Å². The Hall–Kier alpha value is -2.34. The van der Waals surface area contributed by atoms with Gasteiger partial charge in [-0.2, -0.15) is 0 Å². The van der Waals surface area contributed by atoms with Crippen LogP contribution in [0.5, 0.6) is 5.88 Å². The average molecular weight is 396 g/mol. The molecule has 0 atom stereocenters. The molecular formula is C23H29N3O3. The van der Waals surface area contributed by atoms with Crippen LogP contribution in [0.4, 0.5) is 0 Å². The van der Waals surface area contributed by atoms with Crippen molar-refractivity contribution in [2.45, 2.75) is 31.6 Å². The highest BCUT2D eigenvalue weighted by molar-refractivity contribution is 5.95. The highest BCUT2D eigenvalue weighted by atomic mass is 16.5. The molecular weight excluding hydrogens is 366 g/mol. The van der Waals surface area contributed by atoms with Gasteiger partial charge in [0.15, 0.2) is 0 Å². The van der Waals surface area contributed by atoms with Gasteiger partial charge in [0.1, 0.15) is 0 Å². The minimum absolute atomic E-state index is 0.0877. The minimum atomic E-state index is 0.0877. The smallest absolute Gasteiger partial charge is 0.254 e. The van der Waals surface area contributed by atoms with Crippen LogP contribution in [0.2, 0.25) is 0 Å². The number of rotatable bonds is 6. The zero-order valence-corrected chi connectivity index (χ0v) is 16.9. The number of hydrogen-bond acceptors (Lipinski definition) is 5. The SMILES string of the molecule is C=CN1CC2=C(C1)CN(C(=O)c1cc(OCC3CCOCC3)nc(C3CC3)c1)C2. The summed E-state index contributed by atoms with van der Waals surface area (Å²) in [7, 11) is 0. The topological polar surface area (TPSA) is 54.9 Å². The maximum Gasteiger partial charge on any atom is 0.254 e. The van der Waals surface area contributed by atoms with Crippen LogP contribution in [-0.4, -0.2) is 66.7 Å². The number of amides is 1. The lowest BCUT2D eigenvalue weighted by atomic mass is 10.0. The fourth-order valence-corrected chi connectivity index (χ4v) is 4.49. The second-order valence-electron chi connectivity index (χ2n) is 8.72. The van der Waals surface area contributed by atoms with Gasteiger partial charge in [0, 0.05) is 62.6 Å². The molecule has 1 aromatic rings. The quantitative estimate of drug-likeness (QED) is 0.693. The molecule has 6 nitrogen and oxygen atoms in total. The van der Waals surface area contributed by atoms with Crippen molar-refractivity contribution in [1.29, 1.82) is 0 Å². The van der Waals surface area contributed by atoms with E-state index in [0.29, 0.717) is 29.9 Å². The molecule has 1 saturated carbocycles. The third kappa shape index (κ3) is 4.04. The second kappa shape index (κ2) is 7.82. The lowest BCUT2D eigenvalue weighted by Crippen LogP contribution is -2.33. The molecule has 3 aliphatic heterocycles. The van der Waals surface area contributed by atoms with Crippen molar-refractivity contribution in [3.05, 3.63) is 47.3 Å². The van der Waals surface area contributed by atoms with Gasteiger partial charge < -0.3 is 19.3 Å². The van der Waals surface area contributed by atoms with E-state index in [9.17, 15) is 4.79 Å². The van der Waals surface area contributed by atoms with Crippen molar-refractivity contribution in [2.24, 2.45) is 5.92 Å². The third-order valence-corrected chi connectivity index (χ3v) is 6.47. The van der Waals surface area contributed by atoms with Crippen LogP contribution in [0.3, 0.4) is 0 Å². The van der Waals surface area contributed by atoms with Crippen LogP contribution in [0, 0.1) is 5.92 Å². The van der Waals surface area contributed by atoms with Crippen molar-refractivity contribution >= 4 is 5.91 Å². The molecule has 1 aromatic heterocycles. The number of ether oxygens (including phenoxy) is 2. The highest BCUT2D eigenvalue weighted by Gasteiger charge is 2.33. The molecule has 4 aliphatic rings. The largest absolute Gasteiger partial charge is 0.477 e. The van der Waals surface area contributed by atoms with Gasteiger partial charge in [-0.1, -0.05) is 6.58 Å². The Morgan fingerprint density at radius 2 is 1.86 bits per heavy atom. The first kappa shape index (κ1) is 18.7. The Morgan fingerprint density at radius 3 is 2.52 bits per heavy atom. The fraction of sp³-hybridized carbons (Fsp3) is 0.565. The van der Waals surface area contributed by atoms with E-state index < -0.39 is 0 Å². The molecule has 2 fully saturated rings. The molecule has 29 heavy (non-hydrogen) atoms. The zero-order chi connectivity index (χ0) is 19.8. The first-order chi connectivity index (χ1) is 14.2. The molecule has 6 heteroatoms. The summed E-state index contributed by atoms with van der Waals surface area (Å²) in [6.07, 6.45) is 6.25. The van der Waals surface area contributed by atoms with Gasteiger partial charge >= 0.3 is 0 Å². The van der Waals surface area contributed by atoms with E-state index >= 15 is 0 Å². The fourth-order valence-electron chi connectivity index (χ4n) is 4.49. The molecule has 0 aromatic carbocycles. The van der Waals surface area contributed by atoms with Gasteiger partial charge in [0.25, 0.3) is 5.91 Å². The molecule has 4 heterocycles. The summed E-state index contributed by atoms with van der Waals surface area (Å²) in [5, 5.41) is 0. The van der Waals surface area contributed by atoms with E-state index in [2.05, 4.69) is 11.5 Å². The van der Waals surface area contributed by atoms with Crippen molar-refractivity contribution in [2.75, 3.05) is 46.0 Å². The van der Waals surface area contributed by atoms with E-state index in [0.717, 1.165) is 70.8 Å². The molecule has 0 spiro atoms. The van der Waals surface area contributed by atoms with E-state index in [4.69, 9.17) is 14.5 Å². The van der Waals surface area contributed by atoms with Gasteiger partial charge in [-0.15, -0.1) is 0 Å². The lowest BCUT2D eigenvalue weighted by molar-refractivity contribution is 0.0490. The van der Waals surface area contributed by atoms with Gasteiger partial charge in [-0.3, -0.25) is 4.79 Å². The van der Waals surface area contributed by atoms with Gasteiger partial charge in [-0.25, -0.2) is 4.98 Å². The van der Waals surface area contributed by atoms with E-state index in [-0.39, 0.29) is 5.91 Å². The van der Waals surface area contributed by atoms with E-state index in [1.807, 2.05) is 23.2 Å². The Kier molecular flexibility index (Phi) is 5.04. The van der Waals surface area contributed by atoms with Gasteiger partial charge in [-0.05, 0) is 55.0 Å². The number of carbonyl (C=O) groups is 1. The maximum atomic E-state index is 13.2. The number of carbonyl (C=O) groups excluding carboxylic acids is 1. The van der Waals surface area contributed by atoms with Crippen molar-refractivity contribution < 1.29 is 14.3 Å². The molecule has 0 radical (unpaired) electrons. The highest BCUT2D eigenvalue weighted by Crippen LogP contribution is 2.40. The monoisotopic (exact) mass is 395 g/mol. The first-order valence-electron chi connectivity index (χ1n) is 10.8. The Bertz CT molecular complexity index is 822. The zero-order valence-electron chi connectivity index (χ0n) is 16.9. The Labute approximate surface area is 172 Å². The molecule has 0 unspecified atom stereocenters. The first-order valence-corrected chi connectivity index (χ1v) is 10.8. The molecule has 0 bridgehead atoms. The van der Waals surface area contributed by atoms with E-state index in [1.165, 1.54) is 11.1 Å². The summed E-state index contributed by atoms with van der Waals surface area (Å²) in [6.45, 7) is 9.35. The van der Waals surface area contributed by atoms with Crippen LogP contribution in [-0.2, 0) is 4.74 Å². The van der Waals surface area contributed by atoms with Gasteiger partial charge in [0.2, 0.25) is 5.88 Å². The van der Waals surface area contributed by atoms with Crippen molar-refractivity contribution in [3.63, 3.8) is 0 Å². The minimum Gasteiger partial charge on any atom is -0.477 e. The van der Waals surface area contributed by atoms with Crippen LogP contribution in [0.1, 0.15) is 47.7 Å². The third-order valence-electron chi connectivity index (χ3n) is 6.47. The molecule has 1 saturated heterocycles. The summed E-state index contributed by atoms with van der Waals surface area (Å²) in [5.41, 5.74) is 4.46. The maximum absolute atomic E-state index is 13.2. The predicted octanol–water partition coefficient (Wildman–Crippen LogP) is 2.98. The van der Waals surface area contributed by atoms with E-state index in [1.54, 1.807) is 0 Å². The number of pyridine rings is 1. The van der Waals surface area contributed by atoms with Crippen molar-refractivity contribution in [1.82, 2.24) is 14.8 Å². The average Bonchev–Trinajstić information content (AvgIpc) is 3.42. The number of aromatic nitrogens is 1. The standard InChI is InChI=1S/C23H29N3O3/c1-2-25-11-19-13-26(14-20(19)12-25)23(27)18-9-21(17-3-4-17)24-22(10-18)29-15-16-5-7-28-8-6-16/h2,9-10,16-17H,1,3-8,11-15H2. The lowest BCUT2D eigenvalue weighted by Gasteiger charge is -2.23.